The highest BCUT2D eigenvalue weighted by molar-refractivity contribution is 5.67. The number of carbonyl (C=O) groups is 1. The second-order valence-electron chi connectivity index (χ2n) is 7.41. The van der Waals surface area contributed by atoms with E-state index in [2.05, 4.69) is 52.8 Å². The minimum Gasteiger partial charge on any atom is -0.465 e. The fourth-order valence-electron chi connectivity index (χ4n) is 3.95. The molecule has 0 aliphatic carbocycles. The number of rotatable bonds is 5. The van der Waals surface area contributed by atoms with E-state index in [1.807, 2.05) is 24.3 Å². The molecule has 1 unspecified atom stereocenters. The molecule has 3 aromatic rings. The number of hydrogen-bond acceptors (Lipinski definition) is 3. The van der Waals surface area contributed by atoms with Gasteiger partial charge in [-0.05, 0) is 47.7 Å². The zero-order valence-electron chi connectivity index (χ0n) is 16.3. The fraction of sp³-hybridized carbons (Fsp3) is 0.250. The number of hydrogen-bond donors (Lipinski definition) is 2. The third-order valence-corrected chi connectivity index (χ3v) is 5.42. The monoisotopic (exact) mass is 387 g/mol. The molecule has 1 aromatic heterocycles. The van der Waals surface area contributed by atoms with Gasteiger partial charge in [-0.2, -0.15) is 0 Å². The Kier molecular flexibility index (Phi) is 5.86. The minimum absolute atomic E-state index is 0.0799. The number of benzene rings is 2. The molecule has 0 radical (unpaired) electrons. The van der Waals surface area contributed by atoms with Gasteiger partial charge in [-0.1, -0.05) is 48.5 Å². The van der Waals surface area contributed by atoms with Crippen LogP contribution in [0.15, 0.2) is 72.9 Å². The van der Waals surface area contributed by atoms with Crippen LogP contribution < -0.4 is 5.32 Å². The van der Waals surface area contributed by atoms with Gasteiger partial charge in [0.1, 0.15) is 0 Å². The molecule has 0 bridgehead atoms. The van der Waals surface area contributed by atoms with Crippen LogP contribution >= 0.6 is 0 Å². The predicted molar refractivity (Wildman–Crippen MR) is 114 cm³/mol. The topological polar surface area (TPSA) is 65.5 Å². The molecular weight excluding hydrogens is 362 g/mol. The quantitative estimate of drug-likeness (QED) is 0.698. The van der Waals surface area contributed by atoms with E-state index in [0.717, 1.165) is 23.2 Å². The lowest BCUT2D eigenvalue weighted by atomic mass is 9.93. The Morgan fingerprint density at radius 2 is 1.90 bits per heavy atom. The van der Waals surface area contributed by atoms with E-state index in [0.29, 0.717) is 26.1 Å². The molecule has 5 nitrogen and oxygen atoms in total. The fourth-order valence-corrected chi connectivity index (χ4v) is 3.95. The van der Waals surface area contributed by atoms with Gasteiger partial charge in [-0.3, -0.25) is 4.98 Å². The van der Waals surface area contributed by atoms with Crippen molar-refractivity contribution in [3.63, 3.8) is 0 Å². The first-order chi connectivity index (χ1) is 14.2. The number of piperazine rings is 1. The van der Waals surface area contributed by atoms with Gasteiger partial charge in [-0.25, -0.2) is 4.79 Å². The van der Waals surface area contributed by atoms with Gasteiger partial charge in [0, 0.05) is 31.4 Å². The largest absolute Gasteiger partial charge is 0.465 e. The summed E-state index contributed by atoms with van der Waals surface area (Å²) in [4.78, 5) is 17.8. The first kappa shape index (κ1) is 19.2. The minimum atomic E-state index is -0.850. The van der Waals surface area contributed by atoms with Crippen LogP contribution in [0.5, 0.6) is 0 Å². The van der Waals surface area contributed by atoms with Crippen LogP contribution in [-0.4, -0.2) is 46.8 Å². The maximum atomic E-state index is 11.7. The van der Waals surface area contributed by atoms with Crippen molar-refractivity contribution in [3.05, 3.63) is 89.6 Å². The van der Waals surface area contributed by atoms with E-state index in [-0.39, 0.29) is 6.04 Å². The van der Waals surface area contributed by atoms with Crippen molar-refractivity contribution >= 4 is 6.09 Å². The summed E-state index contributed by atoms with van der Waals surface area (Å²) in [7, 11) is 0. The summed E-state index contributed by atoms with van der Waals surface area (Å²) < 4.78 is 0. The van der Waals surface area contributed by atoms with Crippen molar-refractivity contribution in [1.82, 2.24) is 15.2 Å². The van der Waals surface area contributed by atoms with Gasteiger partial charge in [0.15, 0.2) is 0 Å². The third kappa shape index (κ3) is 4.63. The highest BCUT2D eigenvalue weighted by Gasteiger charge is 2.27. The molecule has 148 valence electrons. The lowest BCUT2D eigenvalue weighted by Crippen LogP contribution is -2.54. The van der Waals surface area contributed by atoms with Crippen molar-refractivity contribution in [2.75, 3.05) is 19.6 Å². The van der Waals surface area contributed by atoms with Gasteiger partial charge < -0.3 is 15.3 Å². The van der Waals surface area contributed by atoms with E-state index in [9.17, 15) is 9.90 Å². The Labute approximate surface area is 171 Å². The van der Waals surface area contributed by atoms with Crippen molar-refractivity contribution in [1.29, 1.82) is 0 Å². The molecule has 2 heterocycles. The van der Waals surface area contributed by atoms with Gasteiger partial charge in [0.2, 0.25) is 0 Å². The normalized spacial score (nSPS) is 16.6. The maximum absolute atomic E-state index is 11.7. The molecule has 1 aliphatic rings. The molecule has 0 saturated carbocycles. The summed E-state index contributed by atoms with van der Waals surface area (Å²) in [6, 6.07) is 22.7. The molecule has 1 atom stereocenters. The molecule has 1 amide bonds. The Balaban J connectivity index is 1.66. The van der Waals surface area contributed by atoms with E-state index in [1.165, 1.54) is 11.1 Å². The molecule has 29 heavy (non-hydrogen) atoms. The molecule has 5 heteroatoms. The first-order valence-electron chi connectivity index (χ1n) is 9.98. The van der Waals surface area contributed by atoms with E-state index >= 15 is 0 Å². The van der Waals surface area contributed by atoms with Crippen LogP contribution in [0.2, 0.25) is 0 Å². The number of nitrogens with zero attached hydrogens (tertiary/aromatic N) is 2. The van der Waals surface area contributed by atoms with E-state index < -0.39 is 6.09 Å². The van der Waals surface area contributed by atoms with Crippen molar-refractivity contribution in [2.45, 2.75) is 18.9 Å². The number of aromatic nitrogens is 1. The third-order valence-electron chi connectivity index (χ3n) is 5.42. The summed E-state index contributed by atoms with van der Waals surface area (Å²) in [5.74, 6) is 0. The summed E-state index contributed by atoms with van der Waals surface area (Å²) in [6.07, 6.45) is 2.47. The lowest BCUT2D eigenvalue weighted by Gasteiger charge is -2.34. The molecule has 1 saturated heterocycles. The van der Waals surface area contributed by atoms with Crippen LogP contribution in [-0.2, 0) is 12.8 Å². The molecule has 2 aromatic carbocycles. The smallest absolute Gasteiger partial charge is 0.407 e. The number of amides is 1. The van der Waals surface area contributed by atoms with Crippen molar-refractivity contribution < 1.29 is 9.90 Å². The van der Waals surface area contributed by atoms with Gasteiger partial charge in [0.05, 0.1) is 11.7 Å². The van der Waals surface area contributed by atoms with Crippen molar-refractivity contribution in [2.24, 2.45) is 0 Å². The molecule has 2 N–H and O–H groups in total. The summed E-state index contributed by atoms with van der Waals surface area (Å²) in [6.45, 7) is 1.89. The van der Waals surface area contributed by atoms with Crippen LogP contribution in [0.25, 0.3) is 11.3 Å². The standard InChI is InChI=1S/C24H25N3O2/c28-24(29)27-13-12-25-17-21(27)16-20-10-9-19(14-18-6-2-1-3-7-18)15-22(20)23-8-4-5-11-26-23/h1-11,15,21,25H,12-14,16-17H2,(H,28,29). The molecule has 0 spiro atoms. The molecule has 1 aliphatic heterocycles. The number of pyridine rings is 1. The SMILES string of the molecule is O=C(O)N1CCNCC1Cc1ccc(Cc2ccccc2)cc1-c1ccccn1. The first-order valence-corrected chi connectivity index (χ1v) is 9.98. The average molecular weight is 387 g/mol. The van der Waals surface area contributed by atoms with Crippen LogP contribution in [0.3, 0.4) is 0 Å². The second kappa shape index (κ2) is 8.88. The number of nitrogens with one attached hydrogen (secondary N) is 1. The zero-order chi connectivity index (χ0) is 20.1. The van der Waals surface area contributed by atoms with Crippen LogP contribution in [0, 0.1) is 0 Å². The summed E-state index contributed by atoms with van der Waals surface area (Å²) in [5, 5.41) is 12.9. The zero-order valence-corrected chi connectivity index (χ0v) is 16.3. The summed E-state index contributed by atoms with van der Waals surface area (Å²) in [5.41, 5.74) is 5.61. The van der Waals surface area contributed by atoms with E-state index in [4.69, 9.17) is 0 Å². The average Bonchev–Trinajstić information content (AvgIpc) is 2.76. The Morgan fingerprint density at radius 3 is 2.66 bits per heavy atom. The Morgan fingerprint density at radius 1 is 1.07 bits per heavy atom. The van der Waals surface area contributed by atoms with Gasteiger partial charge >= 0.3 is 6.09 Å². The second-order valence-corrected chi connectivity index (χ2v) is 7.41. The lowest BCUT2D eigenvalue weighted by molar-refractivity contribution is 0.112. The highest BCUT2D eigenvalue weighted by Crippen LogP contribution is 2.27. The highest BCUT2D eigenvalue weighted by atomic mass is 16.4. The maximum Gasteiger partial charge on any atom is 0.407 e. The molecular formula is C24H25N3O2. The molecule has 1 fully saturated rings. The Hall–Kier alpha value is -3.18. The molecule has 4 rings (SSSR count). The van der Waals surface area contributed by atoms with Crippen LogP contribution in [0.4, 0.5) is 4.79 Å². The van der Waals surface area contributed by atoms with E-state index in [1.54, 1.807) is 11.1 Å². The van der Waals surface area contributed by atoms with Crippen molar-refractivity contribution in [3.8, 4) is 11.3 Å². The Bertz CT molecular complexity index is 960. The van der Waals surface area contributed by atoms with Crippen LogP contribution in [0.1, 0.15) is 16.7 Å². The summed E-state index contributed by atoms with van der Waals surface area (Å²) >= 11 is 0. The van der Waals surface area contributed by atoms with Gasteiger partial charge in [-0.15, -0.1) is 0 Å². The number of carboxylic acid groups (broad SMARTS) is 1. The predicted octanol–water partition coefficient (Wildman–Crippen LogP) is 3.83. The van der Waals surface area contributed by atoms with Gasteiger partial charge in [0.25, 0.3) is 0 Å².